The number of aromatic nitrogens is 6. The smallest absolute Gasteiger partial charge is 0.275 e. The number of ether oxygens (including phenoxy) is 1. The zero-order chi connectivity index (χ0) is 22.6. The maximum absolute atomic E-state index is 13.0. The molecular weight excluding hydrogens is 438 g/mol. The summed E-state index contributed by atoms with van der Waals surface area (Å²) in [5, 5.41) is 17.0. The molecule has 10 heteroatoms. The topological polar surface area (TPSA) is 111 Å². The lowest BCUT2D eigenvalue weighted by molar-refractivity contribution is 0.0260. The predicted octanol–water partition coefficient (Wildman–Crippen LogP) is 4.56. The van der Waals surface area contributed by atoms with Gasteiger partial charge in [-0.15, -0.1) is 11.3 Å². The number of hydrogen-bond acceptors (Lipinski definition) is 7. The predicted molar refractivity (Wildman–Crippen MR) is 126 cm³/mol. The van der Waals surface area contributed by atoms with Crippen LogP contribution in [0.15, 0.2) is 48.4 Å². The molecule has 0 unspecified atom stereocenters. The molecule has 0 aromatic carbocycles. The number of rotatable bonds is 7. The van der Waals surface area contributed by atoms with E-state index in [4.69, 9.17) is 9.84 Å². The summed E-state index contributed by atoms with van der Waals surface area (Å²) in [6.07, 6.45) is 11.4. The molecule has 0 spiro atoms. The van der Waals surface area contributed by atoms with Crippen LogP contribution in [0.3, 0.4) is 0 Å². The number of carbonyl (C=O) groups is 1. The van der Waals surface area contributed by atoms with Crippen LogP contribution in [0.4, 0.5) is 5.69 Å². The fourth-order valence-electron chi connectivity index (χ4n) is 4.14. The molecule has 1 amide bonds. The van der Waals surface area contributed by atoms with Crippen molar-refractivity contribution in [2.75, 3.05) is 11.9 Å². The van der Waals surface area contributed by atoms with Crippen molar-refractivity contribution >= 4 is 22.9 Å². The van der Waals surface area contributed by atoms with Gasteiger partial charge in [-0.3, -0.25) is 19.6 Å². The van der Waals surface area contributed by atoms with Crippen LogP contribution in [-0.2, 0) is 4.74 Å². The van der Waals surface area contributed by atoms with E-state index in [1.807, 2.05) is 36.0 Å². The molecule has 0 bridgehead atoms. The van der Waals surface area contributed by atoms with E-state index in [-0.39, 0.29) is 11.9 Å². The number of amides is 1. The number of H-pyrrole nitrogens is 1. The van der Waals surface area contributed by atoms with Gasteiger partial charge in [0, 0.05) is 36.1 Å². The van der Waals surface area contributed by atoms with Crippen molar-refractivity contribution in [3.63, 3.8) is 0 Å². The van der Waals surface area contributed by atoms with Crippen molar-refractivity contribution in [3.05, 3.63) is 54.1 Å². The third kappa shape index (κ3) is 4.71. The van der Waals surface area contributed by atoms with E-state index in [1.165, 1.54) is 11.3 Å². The second kappa shape index (κ2) is 9.63. The lowest BCUT2D eigenvalue weighted by Gasteiger charge is -2.28. The second-order valence-corrected chi connectivity index (χ2v) is 8.81. The SMILES string of the molecule is CCO[C@H]1CC[C@H](n2cc(NC(=O)c3csc(-c4cn[nH]c4)n3)c(-c3ccccn3)n2)CC1. The van der Waals surface area contributed by atoms with E-state index < -0.39 is 0 Å². The first-order valence-electron chi connectivity index (χ1n) is 11.1. The molecule has 1 aliphatic rings. The molecule has 33 heavy (non-hydrogen) atoms. The standard InChI is InChI=1S/C23H25N7O2S/c1-2-32-17-8-6-16(7-9-17)30-13-19(21(29-30)18-5-3-4-10-24-18)27-22(31)20-14-33-23(28-20)15-11-25-26-12-15/h3-5,10-14,16-17H,2,6-9H2,1H3,(H,25,26)(H,27,31)/t16-,17-. The van der Waals surface area contributed by atoms with E-state index in [9.17, 15) is 4.79 Å². The lowest BCUT2D eigenvalue weighted by Crippen LogP contribution is -2.24. The number of thiazole rings is 1. The Kier molecular flexibility index (Phi) is 6.27. The van der Waals surface area contributed by atoms with Gasteiger partial charge in [-0.25, -0.2) is 4.98 Å². The van der Waals surface area contributed by atoms with Gasteiger partial charge in [-0.2, -0.15) is 10.2 Å². The molecular formula is C23H25N7O2S. The number of pyridine rings is 1. The number of nitrogens with zero attached hydrogens (tertiary/aromatic N) is 5. The molecule has 1 saturated carbocycles. The van der Waals surface area contributed by atoms with Crippen molar-refractivity contribution in [2.45, 2.75) is 44.8 Å². The molecule has 1 aliphatic carbocycles. The highest BCUT2D eigenvalue weighted by Crippen LogP contribution is 2.33. The summed E-state index contributed by atoms with van der Waals surface area (Å²) < 4.78 is 7.76. The first-order chi connectivity index (χ1) is 16.2. The van der Waals surface area contributed by atoms with Crippen molar-refractivity contribution < 1.29 is 9.53 Å². The van der Waals surface area contributed by atoms with Gasteiger partial charge >= 0.3 is 0 Å². The zero-order valence-corrected chi connectivity index (χ0v) is 19.1. The Morgan fingerprint density at radius 1 is 1.30 bits per heavy atom. The molecule has 1 fully saturated rings. The monoisotopic (exact) mass is 463 g/mol. The highest BCUT2D eigenvalue weighted by Gasteiger charge is 2.25. The average Bonchev–Trinajstić information content (AvgIpc) is 3.61. The molecule has 170 valence electrons. The maximum Gasteiger partial charge on any atom is 0.275 e. The molecule has 5 rings (SSSR count). The van der Waals surface area contributed by atoms with E-state index in [1.54, 1.807) is 24.0 Å². The molecule has 4 aromatic heterocycles. The summed E-state index contributed by atoms with van der Waals surface area (Å²) in [5.41, 5.74) is 3.20. The minimum Gasteiger partial charge on any atom is -0.379 e. The lowest BCUT2D eigenvalue weighted by atomic mass is 9.93. The molecule has 0 atom stereocenters. The molecule has 4 aromatic rings. The molecule has 9 nitrogen and oxygen atoms in total. The summed E-state index contributed by atoms with van der Waals surface area (Å²) >= 11 is 1.40. The van der Waals surface area contributed by atoms with Gasteiger partial charge in [0.2, 0.25) is 0 Å². The Balaban J connectivity index is 1.38. The average molecular weight is 464 g/mol. The van der Waals surface area contributed by atoms with Gasteiger partial charge < -0.3 is 10.1 Å². The quantitative estimate of drug-likeness (QED) is 0.416. The Bertz CT molecular complexity index is 1190. The molecule has 0 saturated heterocycles. The van der Waals surface area contributed by atoms with E-state index in [0.717, 1.165) is 42.9 Å². The van der Waals surface area contributed by atoms with Crippen LogP contribution in [0.2, 0.25) is 0 Å². The minimum atomic E-state index is -0.280. The number of aromatic amines is 1. The molecule has 0 radical (unpaired) electrons. The highest BCUT2D eigenvalue weighted by molar-refractivity contribution is 7.13. The number of anilines is 1. The van der Waals surface area contributed by atoms with Crippen LogP contribution >= 0.6 is 11.3 Å². The normalized spacial score (nSPS) is 18.3. The van der Waals surface area contributed by atoms with Gasteiger partial charge in [0.15, 0.2) is 0 Å². The van der Waals surface area contributed by atoms with Gasteiger partial charge in [0.05, 0.1) is 29.7 Å². The van der Waals surface area contributed by atoms with E-state index in [2.05, 4.69) is 25.5 Å². The summed E-state index contributed by atoms with van der Waals surface area (Å²) in [5.74, 6) is -0.280. The Morgan fingerprint density at radius 2 is 2.18 bits per heavy atom. The van der Waals surface area contributed by atoms with Crippen LogP contribution in [0.1, 0.15) is 49.1 Å². The van der Waals surface area contributed by atoms with E-state index in [0.29, 0.717) is 28.9 Å². The molecule has 0 aliphatic heterocycles. The number of hydrogen-bond donors (Lipinski definition) is 2. The first-order valence-corrected chi connectivity index (χ1v) is 12.0. The zero-order valence-electron chi connectivity index (χ0n) is 18.3. The third-order valence-electron chi connectivity index (χ3n) is 5.79. The minimum absolute atomic E-state index is 0.266. The van der Waals surface area contributed by atoms with Crippen molar-refractivity contribution in [2.24, 2.45) is 0 Å². The maximum atomic E-state index is 13.0. The van der Waals surface area contributed by atoms with Crippen molar-refractivity contribution in [1.29, 1.82) is 0 Å². The van der Waals surface area contributed by atoms with E-state index >= 15 is 0 Å². The Morgan fingerprint density at radius 3 is 2.91 bits per heavy atom. The van der Waals surface area contributed by atoms with Crippen LogP contribution in [0.5, 0.6) is 0 Å². The van der Waals surface area contributed by atoms with Crippen LogP contribution in [0, 0.1) is 0 Å². The number of nitrogens with one attached hydrogen (secondary N) is 2. The third-order valence-corrected chi connectivity index (χ3v) is 6.68. The molecule has 2 N–H and O–H groups in total. The van der Waals surface area contributed by atoms with Crippen molar-refractivity contribution in [3.8, 4) is 22.0 Å². The van der Waals surface area contributed by atoms with Crippen molar-refractivity contribution in [1.82, 2.24) is 29.9 Å². The van der Waals surface area contributed by atoms with Crippen LogP contribution in [-0.4, -0.2) is 48.6 Å². The molecule has 4 heterocycles. The fraction of sp³-hybridized carbons (Fsp3) is 0.348. The first kappa shape index (κ1) is 21.5. The number of carbonyl (C=O) groups excluding carboxylic acids is 1. The Hall–Kier alpha value is -3.37. The highest BCUT2D eigenvalue weighted by atomic mass is 32.1. The van der Waals surface area contributed by atoms with Gasteiger partial charge in [0.1, 0.15) is 16.4 Å². The Labute approximate surface area is 195 Å². The second-order valence-electron chi connectivity index (χ2n) is 7.95. The summed E-state index contributed by atoms with van der Waals surface area (Å²) in [4.78, 5) is 21.9. The van der Waals surface area contributed by atoms with Crippen LogP contribution in [0.25, 0.3) is 22.0 Å². The van der Waals surface area contributed by atoms with Gasteiger partial charge in [0.25, 0.3) is 5.91 Å². The summed E-state index contributed by atoms with van der Waals surface area (Å²) in [7, 11) is 0. The fourth-order valence-corrected chi connectivity index (χ4v) is 4.92. The summed E-state index contributed by atoms with van der Waals surface area (Å²) in [6.45, 7) is 2.78. The summed E-state index contributed by atoms with van der Waals surface area (Å²) in [6, 6.07) is 5.94. The van der Waals surface area contributed by atoms with Gasteiger partial charge in [-0.05, 0) is 44.7 Å². The van der Waals surface area contributed by atoms with Crippen LogP contribution < -0.4 is 5.32 Å². The van der Waals surface area contributed by atoms with Gasteiger partial charge in [-0.1, -0.05) is 6.07 Å². The largest absolute Gasteiger partial charge is 0.379 e.